The number of fused-ring (bicyclic) bond motifs is 1. The van der Waals surface area contributed by atoms with Crippen LogP contribution in [0.15, 0.2) is 60.9 Å². The molecule has 184 valence electrons. The first-order valence-corrected chi connectivity index (χ1v) is 11.5. The average Bonchev–Trinajstić information content (AvgIpc) is 2.86. The molecule has 1 aliphatic rings. The van der Waals surface area contributed by atoms with Gasteiger partial charge in [0, 0.05) is 30.8 Å². The zero-order valence-electron chi connectivity index (χ0n) is 19.6. The second-order valence-electron chi connectivity index (χ2n) is 8.64. The van der Waals surface area contributed by atoms with E-state index in [1.54, 1.807) is 30.6 Å². The number of pyridine rings is 1. The van der Waals surface area contributed by atoms with E-state index in [0.29, 0.717) is 11.5 Å². The standard InChI is InChI=1S/C27H27F3N2O3/c1-32(21-8-11-23(12-9-21)35-27(28,29)30)22-10-13-24-18(4-3-5-19(24)16-22)6-7-20-17-31-15-14-25(20)26(33)34-2/h8-18H,3-7H2,1-2H3/t18-/m0/s1. The summed E-state index contributed by atoms with van der Waals surface area (Å²) in [4.78, 5) is 18.2. The maximum atomic E-state index is 12.4. The van der Waals surface area contributed by atoms with Crippen molar-refractivity contribution in [1.82, 2.24) is 4.98 Å². The molecule has 5 nitrogen and oxygen atoms in total. The van der Waals surface area contributed by atoms with E-state index in [1.165, 1.54) is 30.4 Å². The first-order valence-electron chi connectivity index (χ1n) is 11.5. The number of alkyl halides is 3. The Morgan fingerprint density at radius 3 is 2.57 bits per heavy atom. The van der Waals surface area contributed by atoms with Gasteiger partial charge >= 0.3 is 12.3 Å². The summed E-state index contributed by atoms with van der Waals surface area (Å²) in [7, 11) is 3.27. The zero-order valence-corrected chi connectivity index (χ0v) is 19.6. The predicted octanol–water partition coefficient (Wildman–Crippen LogP) is 6.59. The minimum atomic E-state index is -4.71. The molecule has 35 heavy (non-hydrogen) atoms. The largest absolute Gasteiger partial charge is 0.573 e. The number of carbonyl (C=O) groups is 1. The molecule has 0 saturated heterocycles. The number of hydrogen-bond acceptors (Lipinski definition) is 5. The van der Waals surface area contributed by atoms with Crippen LogP contribution in [0.3, 0.4) is 0 Å². The summed E-state index contributed by atoms with van der Waals surface area (Å²) in [6, 6.07) is 13.9. The number of aryl methyl sites for hydroxylation is 2. The van der Waals surface area contributed by atoms with Gasteiger partial charge in [0.05, 0.1) is 12.7 Å². The van der Waals surface area contributed by atoms with Crippen LogP contribution >= 0.6 is 0 Å². The molecule has 0 aliphatic heterocycles. The van der Waals surface area contributed by atoms with Crippen molar-refractivity contribution in [2.75, 3.05) is 19.1 Å². The Labute approximate surface area is 202 Å². The molecule has 0 radical (unpaired) electrons. The van der Waals surface area contributed by atoms with Gasteiger partial charge in [-0.25, -0.2) is 4.79 Å². The van der Waals surface area contributed by atoms with Gasteiger partial charge in [-0.05, 0) is 97.2 Å². The van der Waals surface area contributed by atoms with Crippen LogP contribution in [-0.2, 0) is 17.6 Å². The smallest absolute Gasteiger partial charge is 0.465 e. The van der Waals surface area contributed by atoms with Crippen molar-refractivity contribution in [3.8, 4) is 5.75 Å². The molecule has 1 aliphatic carbocycles. The molecular formula is C27H27F3N2O3. The fourth-order valence-electron chi connectivity index (χ4n) is 4.70. The molecule has 0 N–H and O–H groups in total. The first kappa shape index (κ1) is 24.6. The zero-order chi connectivity index (χ0) is 25.0. The Bertz CT molecular complexity index is 1180. The normalized spacial score (nSPS) is 15.3. The third-order valence-corrected chi connectivity index (χ3v) is 6.48. The highest BCUT2D eigenvalue weighted by Gasteiger charge is 2.31. The van der Waals surface area contributed by atoms with E-state index in [2.05, 4.69) is 21.9 Å². The van der Waals surface area contributed by atoms with Crippen LogP contribution < -0.4 is 9.64 Å². The summed E-state index contributed by atoms with van der Waals surface area (Å²) >= 11 is 0. The summed E-state index contributed by atoms with van der Waals surface area (Å²) in [6.45, 7) is 0. The number of benzene rings is 2. The second kappa shape index (κ2) is 10.4. The highest BCUT2D eigenvalue weighted by Crippen LogP contribution is 2.38. The lowest BCUT2D eigenvalue weighted by atomic mass is 9.79. The van der Waals surface area contributed by atoms with E-state index < -0.39 is 6.36 Å². The first-order chi connectivity index (χ1) is 16.7. The molecule has 0 saturated carbocycles. The number of anilines is 2. The van der Waals surface area contributed by atoms with Crippen LogP contribution in [0, 0.1) is 0 Å². The third-order valence-electron chi connectivity index (χ3n) is 6.48. The predicted molar refractivity (Wildman–Crippen MR) is 127 cm³/mol. The molecule has 8 heteroatoms. The number of aromatic nitrogens is 1. The van der Waals surface area contributed by atoms with E-state index in [1.807, 2.05) is 18.0 Å². The molecule has 3 aromatic rings. The van der Waals surface area contributed by atoms with Crippen molar-refractivity contribution in [3.63, 3.8) is 0 Å². The van der Waals surface area contributed by atoms with Gasteiger partial charge in [-0.3, -0.25) is 4.98 Å². The number of esters is 1. The molecule has 0 unspecified atom stereocenters. The maximum absolute atomic E-state index is 12.4. The van der Waals surface area contributed by atoms with Crippen LogP contribution in [0.5, 0.6) is 5.75 Å². The number of rotatable bonds is 7. The fraction of sp³-hybridized carbons (Fsp3) is 0.333. The number of methoxy groups -OCH3 is 1. The number of ether oxygens (including phenoxy) is 2. The summed E-state index contributed by atoms with van der Waals surface area (Å²) < 4.78 is 46.1. The fourth-order valence-corrected chi connectivity index (χ4v) is 4.70. The van der Waals surface area contributed by atoms with Crippen molar-refractivity contribution in [1.29, 1.82) is 0 Å². The molecule has 4 rings (SSSR count). The minimum Gasteiger partial charge on any atom is -0.465 e. The Morgan fingerprint density at radius 2 is 1.86 bits per heavy atom. The molecule has 0 fully saturated rings. The maximum Gasteiger partial charge on any atom is 0.573 e. The minimum absolute atomic E-state index is 0.244. The number of carbonyl (C=O) groups excluding carboxylic acids is 1. The van der Waals surface area contributed by atoms with Crippen LogP contribution in [0.4, 0.5) is 24.5 Å². The van der Waals surface area contributed by atoms with Crippen molar-refractivity contribution >= 4 is 17.3 Å². The van der Waals surface area contributed by atoms with Gasteiger partial charge in [-0.1, -0.05) is 6.07 Å². The summed E-state index contributed by atoms with van der Waals surface area (Å²) in [5.74, 6) is -0.216. The van der Waals surface area contributed by atoms with Crippen LogP contribution in [0.2, 0.25) is 0 Å². The van der Waals surface area contributed by atoms with E-state index in [9.17, 15) is 18.0 Å². The summed E-state index contributed by atoms with van der Waals surface area (Å²) in [5, 5.41) is 0. The topological polar surface area (TPSA) is 51.7 Å². The summed E-state index contributed by atoms with van der Waals surface area (Å²) in [6.07, 6.45) is 3.39. The monoisotopic (exact) mass is 484 g/mol. The Kier molecular flexibility index (Phi) is 7.28. The van der Waals surface area contributed by atoms with Gasteiger partial charge < -0.3 is 14.4 Å². The SMILES string of the molecule is COC(=O)c1ccncc1CC[C@@H]1CCCc2cc(N(C)c3ccc(OC(F)(F)F)cc3)ccc21. The Balaban J connectivity index is 1.48. The lowest BCUT2D eigenvalue weighted by Crippen LogP contribution is -2.17. The van der Waals surface area contributed by atoms with Gasteiger partial charge in [0.25, 0.3) is 0 Å². The van der Waals surface area contributed by atoms with Gasteiger partial charge in [0.1, 0.15) is 5.75 Å². The van der Waals surface area contributed by atoms with Crippen molar-refractivity contribution < 1.29 is 27.4 Å². The third kappa shape index (κ3) is 5.93. The Hall–Kier alpha value is -3.55. The van der Waals surface area contributed by atoms with Crippen LogP contribution in [0.25, 0.3) is 0 Å². The van der Waals surface area contributed by atoms with E-state index >= 15 is 0 Å². The number of hydrogen-bond donors (Lipinski definition) is 0. The molecule has 1 atom stereocenters. The lowest BCUT2D eigenvalue weighted by Gasteiger charge is -2.28. The quantitative estimate of drug-likeness (QED) is 0.354. The molecule has 1 heterocycles. The van der Waals surface area contributed by atoms with Gasteiger partial charge in [0.15, 0.2) is 0 Å². The molecule has 1 aromatic heterocycles. The highest BCUT2D eigenvalue weighted by atomic mass is 19.4. The molecule has 2 aromatic carbocycles. The van der Waals surface area contributed by atoms with Gasteiger partial charge in [-0.2, -0.15) is 0 Å². The molecule has 0 spiro atoms. The number of halogens is 3. The molecular weight excluding hydrogens is 457 g/mol. The molecule has 0 bridgehead atoms. The van der Waals surface area contributed by atoms with Crippen LogP contribution in [-0.4, -0.2) is 31.5 Å². The van der Waals surface area contributed by atoms with Crippen LogP contribution in [0.1, 0.15) is 52.2 Å². The van der Waals surface area contributed by atoms with Crippen molar-refractivity contribution in [2.45, 2.75) is 44.4 Å². The summed E-state index contributed by atoms with van der Waals surface area (Å²) in [5.41, 5.74) is 5.77. The Morgan fingerprint density at radius 1 is 1.11 bits per heavy atom. The van der Waals surface area contributed by atoms with E-state index in [0.717, 1.165) is 49.0 Å². The van der Waals surface area contributed by atoms with Gasteiger partial charge in [0.2, 0.25) is 0 Å². The van der Waals surface area contributed by atoms with E-state index in [4.69, 9.17) is 4.74 Å². The van der Waals surface area contributed by atoms with Gasteiger partial charge in [-0.15, -0.1) is 13.2 Å². The second-order valence-corrected chi connectivity index (χ2v) is 8.64. The van der Waals surface area contributed by atoms with E-state index in [-0.39, 0.29) is 11.7 Å². The number of nitrogens with zero attached hydrogens (tertiary/aromatic N) is 2. The highest BCUT2D eigenvalue weighted by molar-refractivity contribution is 5.90. The average molecular weight is 485 g/mol. The van der Waals surface area contributed by atoms with Crippen molar-refractivity contribution in [2.24, 2.45) is 0 Å². The van der Waals surface area contributed by atoms with Crippen molar-refractivity contribution in [3.05, 3.63) is 83.2 Å². The molecule has 0 amide bonds. The lowest BCUT2D eigenvalue weighted by molar-refractivity contribution is -0.274.